The third-order valence-corrected chi connectivity index (χ3v) is 7.57. The normalized spacial score (nSPS) is 22.1. The molecule has 2 fully saturated rings. The van der Waals surface area contributed by atoms with E-state index in [9.17, 15) is 18.8 Å². The molecule has 0 atom stereocenters. The number of primary amides is 1. The number of nitrogens with zero attached hydrogens (tertiary/aromatic N) is 3. The van der Waals surface area contributed by atoms with Crippen molar-refractivity contribution in [3.63, 3.8) is 0 Å². The molecule has 1 saturated carbocycles. The van der Waals surface area contributed by atoms with Crippen LogP contribution in [0, 0.1) is 18.2 Å². The Bertz CT molecular complexity index is 1140. The number of amides is 3. The standard InChI is InChI=1S/C24H29ClFN5O4/c1-14-11-18(16(25)12-17(14)26)31-8-7-24(23(31)34)5-3-15(4-6-24)30(9-10-35-2)22(33)20-19(21(27)32)28-13-29-20/h11-13,15H,3-10H2,1-2H3,(H2,27,32)(H,28,29). The average Bonchev–Trinajstić information content (AvgIpc) is 3.44. The maximum atomic E-state index is 13.9. The van der Waals surface area contributed by atoms with Crippen molar-refractivity contribution in [3.05, 3.63) is 46.3 Å². The molecule has 1 aromatic carbocycles. The second kappa shape index (κ2) is 9.94. The quantitative estimate of drug-likeness (QED) is 0.599. The molecule has 1 saturated heterocycles. The molecule has 2 heterocycles. The van der Waals surface area contributed by atoms with Gasteiger partial charge in [-0.25, -0.2) is 9.37 Å². The summed E-state index contributed by atoms with van der Waals surface area (Å²) in [4.78, 5) is 48.5. The van der Waals surface area contributed by atoms with Gasteiger partial charge < -0.3 is 25.3 Å². The van der Waals surface area contributed by atoms with E-state index in [0.29, 0.717) is 63.1 Å². The lowest BCUT2D eigenvalue weighted by molar-refractivity contribution is -0.127. The Hall–Kier alpha value is -2.98. The average molecular weight is 506 g/mol. The van der Waals surface area contributed by atoms with Crippen molar-refractivity contribution in [3.8, 4) is 0 Å². The van der Waals surface area contributed by atoms with Crippen molar-refractivity contribution < 1.29 is 23.5 Å². The van der Waals surface area contributed by atoms with Crippen LogP contribution in [-0.4, -0.2) is 65.4 Å². The number of aromatic amines is 1. The molecule has 1 aliphatic carbocycles. The van der Waals surface area contributed by atoms with E-state index in [-0.39, 0.29) is 34.3 Å². The lowest BCUT2D eigenvalue weighted by Crippen LogP contribution is -2.47. The number of aryl methyl sites for hydroxylation is 1. The largest absolute Gasteiger partial charge is 0.383 e. The smallest absolute Gasteiger partial charge is 0.273 e. The third-order valence-electron chi connectivity index (χ3n) is 7.27. The number of imidazole rings is 1. The molecule has 3 N–H and O–H groups in total. The van der Waals surface area contributed by atoms with Crippen molar-refractivity contribution in [2.45, 2.75) is 45.1 Å². The molecule has 1 spiro atoms. The summed E-state index contributed by atoms with van der Waals surface area (Å²) in [6.07, 6.45) is 4.38. The number of nitrogens with one attached hydrogen (secondary N) is 1. The molecule has 0 bridgehead atoms. The molecule has 1 aromatic heterocycles. The van der Waals surface area contributed by atoms with Gasteiger partial charge in [-0.2, -0.15) is 0 Å². The number of methoxy groups -OCH3 is 1. The number of carbonyl (C=O) groups excluding carboxylic acids is 3. The van der Waals surface area contributed by atoms with E-state index in [4.69, 9.17) is 22.1 Å². The molecule has 11 heteroatoms. The predicted molar refractivity (Wildman–Crippen MR) is 128 cm³/mol. The fraction of sp³-hybridized carbons (Fsp3) is 0.500. The molecule has 4 rings (SSSR count). The second-order valence-electron chi connectivity index (χ2n) is 9.25. The molecule has 0 radical (unpaired) electrons. The van der Waals surface area contributed by atoms with Gasteiger partial charge in [0.1, 0.15) is 11.5 Å². The minimum Gasteiger partial charge on any atom is -0.383 e. The Morgan fingerprint density at radius 2 is 2.06 bits per heavy atom. The van der Waals surface area contributed by atoms with Crippen molar-refractivity contribution in [1.29, 1.82) is 0 Å². The zero-order valence-corrected chi connectivity index (χ0v) is 20.5. The van der Waals surface area contributed by atoms with Gasteiger partial charge in [0, 0.05) is 26.2 Å². The van der Waals surface area contributed by atoms with Crippen molar-refractivity contribution >= 4 is 35.0 Å². The Morgan fingerprint density at radius 1 is 1.34 bits per heavy atom. The van der Waals surface area contributed by atoms with E-state index >= 15 is 0 Å². The summed E-state index contributed by atoms with van der Waals surface area (Å²) < 4.78 is 19.1. The molecule has 0 unspecified atom stereocenters. The molecule has 2 aromatic rings. The van der Waals surface area contributed by atoms with Crippen LogP contribution in [0.1, 0.15) is 58.6 Å². The van der Waals surface area contributed by atoms with Crippen LogP contribution < -0.4 is 10.6 Å². The first-order chi connectivity index (χ1) is 16.7. The van der Waals surface area contributed by atoms with Gasteiger partial charge in [0.05, 0.1) is 29.1 Å². The summed E-state index contributed by atoms with van der Waals surface area (Å²) in [5, 5.41) is 0.216. The first kappa shape index (κ1) is 25.1. The zero-order chi connectivity index (χ0) is 25.3. The highest BCUT2D eigenvalue weighted by atomic mass is 35.5. The van der Waals surface area contributed by atoms with E-state index in [1.54, 1.807) is 29.9 Å². The fourth-order valence-electron chi connectivity index (χ4n) is 5.26. The third kappa shape index (κ3) is 4.64. The predicted octanol–water partition coefficient (Wildman–Crippen LogP) is 3.06. The van der Waals surface area contributed by atoms with E-state index < -0.39 is 17.1 Å². The fourth-order valence-corrected chi connectivity index (χ4v) is 5.51. The monoisotopic (exact) mass is 505 g/mol. The number of benzene rings is 1. The van der Waals surface area contributed by atoms with Gasteiger partial charge in [0.25, 0.3) is 11.8 Å². The van der Waals surface area contributed by atoms with Crippen LogP contribution in [0.3, 0.4) is 0 Å². The van der Waals surface area contributed by atoms with Gasteiger partial charge in [0.15, 0.2) is 5.69 Å². The number of nitrogens with two attached hydrogens (primary N) is 1. The minimum atomic E-state index is -0.782. The first-order valence-electron chi connectivity index (χ1n) is 11.6. The van der Waals surface area contributed by atoms with E-state index in [0.717, 1.165) is 0 Å². The Balaban J connectivity index is 1.50. The summed E-state index contributed by atoms with van der Waals surface area (Å²) in [5.74, 6) is -1.57. The molecular formula is C24H29ClFN5O4. The van der Waals surface area contributed by atoms with Gasteiger partial charge in [-0.3, -0.25) is 14.4 Å². The second-order valence-corrected chi connectivity index (χ2v) is 9.66. The maximum absolute atomic E-state index is 13.9. The Kier molecular flexibility index (Phi) is 7.14. The van der Waals surface area contributed by atoms with Gasteiger partial charge in [-0.05, 0) is 56.7 Å². The summed E-state index contributed by atoms with van der Waals surface area (Å²) in [6, 6.07) is 2.73. The molecule has 3 amide bonds. The van der Waals surface area contributed by atoms with Crippen molar-refractivity contribution in [2.24, 2.45) is 11.1 Å². The van der Waals surface area contributed by atoms with Crippen LogP contribution in [0.2, 0.25) is 5.02 Å². The van der Waals surface area contributed by atoms with Gasteiger partial charge in [0.2, 0.25) is 5.91 Å². The number of carbonyl (C=O) groups is 3. The first-order valence-corrected chi connectivity index (χ1v) is 12.0. The topological polar surface area (TPSA) is 122 Å². The number of H-pyrrole nitrogens is 1. The number of ether oxygens (including phenoxy) is 1. The lowest BCUT2D eigenvalue weighted by atomic mass is 9.71. The van der Waals surface area contributed by atoms with E-state index in [2.05, 4.69) is 9.97 Å². The number of hydrogen-bond acceptors (Lipinski definition) is 5. The lowest BCUT2D eigenvalue weighted by Gasteiger charge is -2.40. The molecule has 1 aliphatic heterocycles. The summed E-state index contributed by atoms with van der Waals surface area (Å²) in [7, 11) is 1.55. The van der Waals surface area contributed by atoms with E-state index in [1.807, 2.05) is 0 Å². The summed E-state index contributed by atoms with van der Waals surface area (Å²) in [6.45, 7) is 2.81. The highest BCUT2D eigenvalue weighted by molar-refractivity contribution is 6.34. The van der Waals surface area contributed by atoms with E-state index in [1.165, 1.54) is 12.4 Å². The minimum absolute atomic E-state index is 0.0109. The highest BCUT2D eigenvalue weighted by Crippen LogP contribution is 2.48. The summed E-state index contributed by atoms with van der Waals surface area (Å²) >= 11 is 6.28. The number of aromatic nitrogens is 2. The van der Waals surface area contributed by atoms with Crippen LogP contribution >= 0.6 is 11.6 Å². The molecule has 2 aliphatic rings. The van der Waals surface area contributed by atoms with Gasteiger partial charge >= 0.3 is 0 Å². The molecule has 9 nitrogen and oxygen atoms in total. The summed E-state index contributed by atoms with van der Waals surface area (Å²) in [5.41, 5.74) is 5.75. The van der Waals surface area contributed by atoms with Crippen LogP contribution in [0.15, 0.2) is 18.5 Å². The SMILES string of the molecule is COCCN(C(=O)c1[nH]cnc1C(N)=O)C1CCC2(CC1)CCN(c1cc(C)c(F)cc1Cl)C2=O. The Morgan fingerprint density at radius 3 is 2.71 bits per heavy atom. The maximum Gasteiger partial charge on any atom is 0.273 e. The van der Waals surface area contributed by atoms with Crippen LogP contribution in [-0.2, 0) is 9.53 Å². The van der Waals surface area contributed by atoms with Crippen LogP contribution in [0.25, 0.3) is 0 Å². The van der Waals surface area contributed by atoms with Crippen molar-refractivity contribution in [2.75, 3.05) is 31.7 Å². The Labute approximate surface area is 207 Å². The van der Waals surface area contributed by atoms with Crippen molar-refractivity contribution in [1.82, 2.24) is 14.9 Å². The number of hydrogen-bond donors (Lipinski definition) is 2. The zero-order valence-electron chi connectivity index (χ0n) is 19.8. The highest BCUT2D eigenvalue weighted by Gasteiger charge is 2.50. The van der Waals surface area contributed by atoms with Gasteiger partial charge in [-0.15, -0.1) is 0 Å². The molecule has 35 heavy (non-hydrogen) atoms. The molecular weight excluding hydrogens is 477 g/mol. The number of halogens is 2. The van der Waals surface area contributed by atoms with Crippen LogP contribution in [0.5, 0.6) is 0 Å². The molecule has 188 valence electrons. The van der Waals surface area contributed by atoms with Crippen LogP contribution in [0.4, 0.5) is 10.1 Å². The number of anilines is 1. The number of rotatable bonds is 7. The van der Waals surface area contributed by atoms with Gasteiger partial charge in [-0.1, -0.05) is 11.6 Å².